The Morgan fingerprint density at radius 3 is 2.90 bits per heavy atom. The summed E-state index contributed by atoms with van der Waals surface area (Å²) in [4.78, 5) is 12.0. The average Bonchev–Trinajstić information content (AvgIpc) is 2.46. The molecule has 1 unspecified atom stereocenters. The third-order valence-corrected chi connectivity index (χ3v) is 2.91. The van der Waals surface area contributed by atoms with Gasteiger partial charge in [0.25, 0.3) is 5.91 Å². The quantitative estimate of drug-likeness (QED) is 0.801. The summed E-state index contributed by atoms with van der Waals surface area (Å²) >= 11 is 0. The Morgan fingerprint density at radius 1 is 1.50 bits per heavy atom. The van der Waals surface area contributed by atoms with Gasteiger partial charge < -0.3 is 15.2 Å². The molecule has 0 aliphatic carbocycles. The van der Waals surface area contributed by atoms with Crippen LogP contribution in [0.15, 0.2) is 18.2 Å². The van der Waals surface area contributed by atoms with Gasteiger partial charge in [0.1, 0.15) is 0 Å². The maximum atomic E-state index is 12.0. The molecule has 108 valence electrons. The highest BCUT2D eigenvalue weighted by atomic mass is 16.5. The van der Waals surface area contributed by atoms with E-state index in [2.05, 4.69) is 17.2 Å². The Labute approximate surface area is 120 Å². The highest BCUT2D eigenvalue weighted by molar-refractivity contribution is 5.94. The van der Waals surface area contributed by atoms with Gasteiger partial charge in [0.05, 0.1) is 12.7 Å². The van der Waals surface area contributed by atoms with Crippen LogP contribution in [-0.4, -0.2) is 37.4 Å². The van der Waals surface area contributed by atoms with Crippen molar-refractivity contribution >= 4 is 5.91 Å². The monoisotopic (exact) mass is 275 g/mol. The van der Waals surface area contributed by atoms with E-state index in [0.29, 0.717) is 18.5 Å². The number of hydrogen-bond donors (Lipinski definition) is 2. The van der Waals surface area contributed by atoms with Crippen LogP contribution >= 0.6 is 0 Å². The Hall–Kier alpha value is -1.83. The van der Waals surface area contributed by atoms with E-state index in [4.69, 9.17) is 9.84 Å². The number of hydrogen-bond acceptors (Lipinski definition) is 3. The molecule has 4 heteroatoms. The molecule has 1 aromatic carbocycles. The Morgan fingerprint density at radius 2 is 2.25 bits per heavy atom. The first-order valence-electron chi connectivity index (χ1n) is 6.60. The molecule has 0 aliphatic heterocycles. The summed E-state index contributed by atoms with van der Waals surface area (Å²) in [5.74, 6) is 5.70. The van der Waals surface area contributed by atoms with Crippen molar-refractivity contribution in [3.05, 3.63) is 34.9 Å². The van der Waals surface area contributed by atoms with Crippen LogP contribution in [0.4, 0.5) is 0 Å². The van der Waals surface area contributed by atoms with Crippen LogP contribution in [0.1, 0.15) is 34.8 Å². The van der Waals surface area contributed by atoms with Gasteiger partial charge in [-0.1, -0.05) is 17.9 Å². The zero-order valence-corrected chi connectivity index (χ0v) is 12.2. The zero-order chi connectivity index (χ0) is 15.0. The minimum Gasteiger partial charge on any atom is -0.395 e. The molecule has 0 aliphatic rings. The molecule has 0 aromatic heterocycles. The molecule has 0 saturated carbocycles. The first kappa shape index (κ1) is 16.2. The van der Waals surface area contributed by atoms with Crippen molar-refractivity contribution in [3.8, 4) is 11.8 Å². The number of aryl methyl sites for hydroxylation is 1. The van der Waals surface area contributed by atoms with Crippen LogP contribution in [0, 0.1) is 18.8 Å². The summed E-state index contributed by atoms with van der Waals surface area (Å²) in [5, 5.41) is 11.5. The highest BCUT2D eigenvalue weighted by Gasteiger charge is 2.08. The third kappa shape index (κ3) is 5.04. The van der Waals surface area contributed by atoms with Crippen molar-refractivity contribution in [2.24, 2.45) is 0 Å². The average molecular weight is 275 g/mol. The van der Waals surface area contributed by atoms with Crippen LogP contribution in [0.3, 0.4) is 0 Å². The van der Waals surface area contributed by atoms with E-state index in [-0.39, 0.29) is 18.6 Å². The van der Waals surface area contributed by atoms with Gasteiger partial charge in [-0.3, -0.25) is 4.79 Å². The summed E-state index contributed by atoms with van der Waals surface area (Å²) in [6, 6.07) is 5.42. The molecule has 1 amide bonds. The lowest BCUT2D eigenvalue weighted by molar-refractivity contribution is 0.0870. The van der Waals surface area contributed by atoms with E-state index in [9.17, 15) is 4.79 Å². The lowest BCUT2D eigenvalue weighted by Gasteiger charge is -2.11. The van der Waals surface area contributed by atoms with Gasteiger partial charge in [-0.2, -0.15) is 0 Å². The SMILES string of the molecule is COC(C)CNC(=O)c1ccc(C)c(C#CCCO)c1. The lowest BCUT2D eigenvalue weighted by Crippen LogP contribution is -2.31. The molecular formula is C16H21NO3. The molecule has 2 N–H and O–H groups in total. The Balaban J connectivity index is 2.79. The number of carbonyl (C=O) groups is 1. The predicted molar refractivity (Wildman–Crippen MR) is 78.6 cm³/mol. The molecule has 0 radical (unpaired) electrons. The Kier molecular flexibility index (Phi) is 6.78. The van der Waals surface area contributed by atoms with Gasteiger partial charge in [0.2, 0.25) is 0 Å². The first-order valence-corrected chi connectivity index (χ1v) is 6.60. The van der Waals surface area contributed by atoms with E-state index in [1.54, 1.807) is 19.2 Å². The van der Waals surface area contributed by atoms with Gasteiger partial charge in [0, 0.05) is 31.2 Å². The second-order valence-electron chi connectivity index (χ2n) is 4.56. The number of benzene rings is 1. The number of rotatable bonds is 5. The highest BCUT2D eigenvalue weighted by Crippen LogP contribution is 2.10. The molecule has 0 spiro atoms. The molecule has 0 saturated heterocycles. The standard InChI is InChI=1S/C16H21NO3/c1-12-7-8-15(10-14(12)6-4-5-9-18)16(19)17-11-13(2)20-3/h7-8,10,13,18H,5,9,11H2,1-3H3,(H,17,19). The van der Waals surface area contributed by atoms with Gasteiger partial charge in [-0.25, -0.2) is 0 Å². The fourth-order valence-electron chi connectivity index (χ4n) is 1.53. The van der Waals surface area contributed by atoms with E-state index in [1.807, 2.05) is 19.9 Å². The molecule has 20 heavy (non-hydrogen) atoms. The Bertz CT molecular complexity index is 514. The van der Waals surface area contributed by atoms with E-state index in [1.165, 1.54) is 0 Å². The maximum absolute atomic E-state index is 12.0. The lowest BCUT2D eigenvalue weighted by atomic mass is 10.0. The van der Waals surface area contributed by atoms with Crippen molar-refractivity contribution in [2.45, 2.75) is 26.4 Å². The smallest absolute Gasteiger partial charge is 0.251 e. The zero-order valence-electron chi connectivity index (χ0n) is 12.2. The molecule has 1 rings (SSSR count). The van der Waals surface area contributed by atoms with Crippen molar-refractivity contribution in [1.29, 1.82) is 0 Å². The van der Waals surface area contributed by atoms with Crippen LogP contribution in [0.2, 0.25) is 0 Å². The minimum absolute atomic E-state index is 0.0202. The fraction of sp³-hybridized carbons (Fsp3) is 0.438. The fourth-order valence-corrected chi connectivity index (χ4v) is 1.53. The predicted octanol–water partition coefficient (Wildman–Crippen LogP) is 1.49. The van der Waals surface area contributed by atoms with Crippen LogP contribution in [0.5, 0.6) is 0 Å². The van der Waals surface area contributed by atoms with Crippen molar-refractivity contribution in [1.82, 2.24) is 5.32 Å². The molecule has 0 fully saturated rings. The van der Waals surface area contributed by atoms with Crippen LogP contribution < -0.4 is 5.32 Å². The van der Waals surface area contributed by atoms with Gasteiger partial charge in [0.15, 0.2) is 0 Å². The summed E-state index contributed by atoms with van der Waals surface area (Å²) in [6.45, 7) is 4.34. The van der Waals surface area contributed by atoms with Crippen molar-refractivity contribution < 1.29 is 14.6 Å². The normalized spacial score (nSPS) is 11.4. The number of aliphatic hydroxyl groups excluding tert-OH is 1. The second-order valence-corrected chi connectivity index (χ2v) is 4.56. The molecule has 1 atom stereocenters. The summed E-state index contributed by atoms with van der Waals surface area (Å²) in [7, 11) is 1.61. The summed E-state index contributed by atoms with van der Waals surface area (Å²) < 4.78 is 5.08. The number of aliphatic hydroxyl groups is 1. The van der Waals surface area contributed by atoms with Crippen LogP contribution in [0.25, 0.3) is 0 Å². The van der Waals surface area contributed by atoms with Crippen molar-refractivity contribution in [3.63, 3.8) is 0 Å². The van der Waals surface area contributed by atoms with E-state index >= 15 is 0 Å². The summed E-state index contributed by atoms with van der Waals surface area (Å²) in [5.41, 5.74) is 2.40. The van der Waals surface area contributed by atoms with Crippen molar-refractivity contribution in [2.75, 3.05) is 20.3 Å². The van der Waals surface area contributed by atoms with Crippen LogP contribution in [-0.2, 0) is 4.74 Å². The third-order valence-electron chi connectivity index (χ3n) is 2.91. The number of nitrogens with one attached hydrogen (secondary N) is 1. The molecule has 0 bridgehead atoms. The van der Waals surface area contributed by atoms with Gasteiger partial charge in [-0.05, 0) is 31.5 Å². The molecule has 4 nitrogen and oxygen atoms in total. The molecule has 1 aromatic rings. The van der Waals surface area contributed by atoms with E-state index in [0.717, 1.165) is 11.1 Å². The summed E-state index contributed by atoms with van der Waals surface area (Å²) in [6.07, 6.45) is 0.412. The van der Waals surface area contributed by atoms with E-state index < -0.39 is 0 Å². The number of ether oxygens (including phenoxy) is 1. The largest absolute Gasteiger partial charge is 0.395 e. The molecular weight excluding hydrogens is 254 g/mol. The first-order chi connectivity index (χ1) is 9.58. The van der Waals surface area contributed by atoms with Gasteiger partial charge in [-0.15, -0.1) is 0 Å². The van der Waals surface area contributed by atoms with Gasteiger partial charge >= 0.3 is 0 Å². The molecule has 0 heterocycles. The minimum atomic E-state index is -0.140. The maximum Gasteiger partial charge on any atom is 0.251 e. The second kappa shape index (κ2) is 8.36. The topological polar surface area (TPSA) is 58.6 Å². The number of methoxy groups -OCH3 is 1. The number of carbonyl (C=O) groups excluding carboxylic acids is 1. The number of amides is 1.